The van der Waals surface area contributed by atoms with Crippen LogP contribution >= 0.6 is 11.8 Å². The van der Waals surface area contributed by atoms with E-state index in [0.29, 0.717) is 16.6 Å². The van der Waals surface area contributed by atoms with Crippen LogP contribution in [0.5, 0.6) is 5.75 Å². The minimum absolute atomic E-state index is 0.0422. The van der Waals surface area contributed by atoms with Crippen molar-refractivity contribution < 1.29 is 9.53 Å². The van der Waals surface area contributed by atoms with Crippen molar-refractivity contribution in [1.29, 1.82) is 0 Å². The van der Waals surface area contributed by atoms with E-state index in [4.69, 9.17) is 4.74 Å². The summed E-state index contributed by atoms with van der Waals surface area (Å²) in [6.45, 7) is 0. The van der Waals surface area contributed by atoms with E-state index in [1.54, 1.807) is 7.11 Å². The number of nitrogens with zero attached hydrogens (tertiary/aromatic N) is 3. The van der Waals surface area contributed by atoms with Crippen LogP contribution in [0, 0.1) is 0 Å². The Balaban J connectivity index is 1.49. The number of carbonyl (C=O) groups excluding carboxylic acids is 1. The molecular weight excluding hydrogens is 410 g/mol. The van der Waals surface area contributed by atoms with Gasteiger partial charge in [0.15, 0.2) is 5.82 Å². The summed E-state index contributed by atoms with van der Waals surface area (Å²) < 4.78 is 7.39. The molecule has 1 amide bonds. The summed E-state index contributed by atoms with van der Waals surface area (Å²) in [6, 6.07) is 17.5. The highest BCUT2D eigenvalue weighted by molar-refractivity contribution is 8.00. The van der Waals surface area contributed by atoms with Crippen LogP contribution in [-0.4, -0.2) is 38.7 Å². The van der Waals surface area contributed by atoms with Crippen molar-refractivity contribution in [3.05, 3.63) is 54.6 Å². The van der Waals surface area contributed by atoms with E-state index in [9.17, 15) is 4.79 Å². The number of carbonyl (C=O) groups is 1. The summed E-state index contributed by atoms with van der Waals surface area (Å²) in [5, 5.41) is 12.3. The number of hydrogen-bond donors (Lipinski definition) is 2. The number of fused-ring (bicyclic) bond motifs is 1. The quantitative estimate of drug-likeness (QED) is 0.636. The Morgan fingerprint density at radius 3 is 2.61 bits per heavy atom. The van der Waals surface area contributed by atoms with Crippen molar-refractivity contribution in [2.75, 3.05) is 17.9 Å². The molecule has 1 aliphatic carbocycles. The van der Waals surface area contributed by atoms with Gasteiger partial charge in [-0.2, -0.15) is 0 Å². The number of rotatable bonds is 4. The Hall–Kier alpha value is -3.00. The van der Waals surface area contributed by atoms with Crippen LogP contribution < -0.4 is 15.5 Å². The summed E-state index contributed by atoms with van der Waals surface area (Å²) in [5.41, 5.74) is 5.01. The Labute approximate surface area is 185 Å². The molecule has 2 N–H and O–H groups in total. The normalized spacial score (nSPS) is 19.3. The first-order valence-corrected chi connectivity index (χ1v) is 11.5. The summed E-state index contributed by atoms with van der Waals surface area (Å²) in [4.78, 5) is 13.5. The lowest BCUT2D eigenvalue weighted by atomic mass is 9.79. The molecule has 2 aromatic carbocycles. The predicted molar refractivity (Wildman–Crippen MR) is 122 cm³/mol. The van der Waals surface area contributed by atoms with Gasteiger partial charge in [0, 0.05) is 5.56 Å². The maximum Gasteiger partial charge on any atom is 0.240 e. The molecule has 1 saturated carbocycles. The maximum atomic E-state index is 13.5. The molecule has 2 aliphatic rings. The minimum Gasteiger partial charge on any atom is -0.495 e. The number of amides is 1. The number of anilines is 1. The second-order valence-corrected chi connectivity index (χ2v) is 9.10. The standard InChI is InChI=1S/C23H25N5O2S/c1-30-18-13-7-6-12-17(18)24-21(29)19-23(14-8-3-9-15-23)27-28-20(25-26-22(28)31-19)16-10-4-2-5-11-16/h2,4-7,10-13,19,27H,3,8-9,14-15H2,1H3,(H,24,29)/t19-/m1/s1. The Morgan fingerprint density at radius 1 is 1.10 bits per heavy atom. The van der Waals surface area contributed by atoms with Crippen LogP contribution in [0.3, 0.4) is 0 Å². The largest absolute Gasteiger partial charge is 0.495 e. The number of aromatic nitrogens is 3. The predicted octanol–water partition coefficient (Wildman–Crippen LogP) is 4.31. The van der Waals surface area contributed by atoms with E-state index in [1.807, 2.05) is 59.3 Å². The maximum absolute atomic E-state index is 13.5. The van der Waals surface area contributed by atoms with Gasteiger partial charge < -0.3 is 15.5 Å². The molecule has 160 valence electrons. The second kappa shape index (κ2) is 8.26. The van der Waals surface area contributed by atoms with Crippen LogP contribution in [0.2, 0.25) is 0 Å². The zero-order valence-corrected chi connectivity index (χ0v) is 18.2. The number of ether oxygens (including phenoxy) is 1. The Bertz CT molecular complexity index is 1080. The highest BCUT2D eigenvalue weighted by atomic mass is 32.2. The molecule has 1 atom stereocenters. The number of para-hydroxylation sites is 2. The third-order valence-corrected chi connectivity index (χ3v) is 7.45. The van der Waals surface area contributed by atoms with E-state index in [-0.39, 0.29) is 16.7 Å². The van der Waals surface area contributed by atoms with Gasteiger partial charge in [-0.1, -0.05) is 73.5 Å². The molecule has 1 spiro atoms. The number of methoxy groups -OCH3 is 1. The second-order valence-electron chi connectivity index (χ2n) is 8.02. The van der Waals surface area contributed by atoms with Gasteiger partial charge in [0.05, 0.1) is 18.3 Å². The first-order valence-electron chi connectivity index (χ1n) is 10.6. The molecule has 0 bridgehead atoms. The highest BCUT2D eigenvalue weighted by Crippen LogP contribution is 2.44. The third kappa shape index (κ3) is 3.65. The number of nitrogens with one attached hydrogen (secondary N) is 2. The van der Waals surface area contributed by atoms with Gasteiger partial charge in [-0.25, -0.2) is 4.68 Å². The van der Waals surface area contributed by atoms with Gasteiger partial charge in [0.1, 0.15) is 11.0 Å². The lowest BCUT2D eigenvalue weighted by Crippen LogP contribution is -2.59. The van der Waals surface area contributed by atoms with Crippen molar-refractivity contribution in [1.82, 2.24) is 14.9 Å². The number of thioether (sulfide) groups is 1. The van der Waals surface area contributed by atoms with Gasteiger partial charge >= 0.3 is 0 Å². The van der Waals surface area contributed by atoms with E-state index < -0.39 is 0 Å². The van der Waals surface area contributed by atoms with E-state index in [0.717, 1.165) is 37.1 Å². The molecule has 8 heteroatoms. The first kappa shape index (κ1) is 19.9. The smallest absolute Gasteiger partial charge is 0.240 e. The van der Waals surface area contributed by atoms with Gasteiger partial charge in [0.2, 0.25) is 11.1 Å². The van der Waals surface area contributed by atoms with Crippen LogP contribution in [0.25, 0.3) is 11.4 Å². The highest BCUT2D eigenvalue weighted by Gasteiger charge is 2.49. The van der Waals surface area contributed by atoms with Crippen molar-refractivity contribution in [3.63, 3.8) is 0 Å². The minimum atomic E-state index is -0.353. The van der Waals surface area contributed by atoms with Gasteiger partial charge in [-0.15, -0.1) is 10.2 Å². The SMILES string of the molecule is COc1ccccc1NC(=O)[C@H]1Sc2nnc(-c3ccccc3)n2NC12CCCCC2. The molecule has 5 rings (SSSR count). The molecule has 3 aromatic rings. The Kier molecular flexibility index (Phi) is 5.31. The average molecular weight is 436 g/mol. The lowest BCUT2D eigenvalue weighted by Gasteiger charge is -2.46. The number of benzene rings is 2. The Morgan fingerprint density at radius 2 is 1.84 bits per heavy atom. The summed E-state index contributed by atoms with van der Waals surface area (Å²) in [6.07, 6.45) is 5.22. The van der Waals surface area contributed by atoms with Crippen molar-refractivity contribution in [3.8, 4) is 17.1 Å². The van der Waals surface area contributed by atoms with Gasteiger partial charge in [-0.3, -0.25) is 4.79 Å². The zero-order valence-electron chi connectivity index (χ0n) is 17.4. The molecule has 0 radical (unpaired) electrons. The summed E-state index contributed by atoms with van der Waals surface area (Å²) >= 11 is 1.49. The van der Waals surface area contributed by atoms with Crippen molar-refractivity contribution in [2.45, 2.75) is 48.0 Å². The fourth-order valence-electron chi connectivity index (χ4n) is 4.53. The lowest BCUT2D eigenvalue weighted by molar-refractivity contribution is -0.117. The van der Waals surface area contributed by atoms with Crippen molar-refractivity contribution >= 4 is 23.4 Å². The average Bonchev–Trinajstić information content (AvgIpc) is 3.22. The van der Waals surface area contributed by atoms with E-state index in [2.05, 4.69) is 20.9 Å². The van der Waals surface area contributed by atoms with Crippen LogP contribution in [0.1, 0.15) is 32.1 Å². The fourth-order valence-corrected chi connectivity index (χ4v) is 5.74. The molecule has 0 unspecified atom stereocenters. The molecule has 1 aromatic heterocycles. The first-order chi connectivity index (χ1) is 15.2. The van der Waals surface area contributed by atoms with Crippen LogP contribution in [0.4, 0.5) is 5.69 Å². The van der Waals surface area contributed by atoms with Crippen molar-refractivity contribution in [2.24, 2.45) is 0 Å². The molecule has 0 saturated heterocycles. The van der Waals surface area contributed by atoms with Gasteiger partial charge in [-0.05, 0) is 25.0 Å². The third-order valence-electron chi connectivity index (χ3n) is 6.07. The molecule has 31 heavy (non-hydrogen) atoms. The van der Waals surface area contributed by atoms with E-state index >= 15 is 0 Å². The summed E-state index contributed by atoms with van der Waals surface area (Å²) in [7, 11) is 1.61. The molecule has 2 heterocycles. The van der Waals surface area contributed by atoms with Gasteiger partial charge in [0.25, 0.3) is 0 Å². The molecule has 1 fully saturated rings. The zero-order chi connectivity index (χ0) is 21.3. The van der Waals surface area contributed by atoms with Crippen LogP contribution in [-0.2, 0) is 4.79 Å². The molecular formula is C23H25N5O2S. The number of hydrogen-bond acceptors (Lipinski definition) is 6. The van der Waals surface area contributed by atoms with E-state index in [1.165, 1.54) is 18.2 Å². The molecule has 1 aliphatic heterocycles. The fraction of sp³-hybridized carbons (Fsp3) is 0.348. The monoisotopic (exact) mass is 435 g/mol. The molecule has 7 nitrogen and oxygen atoms in total. The van der Waals surface area contributed by atoms with Crippen LogP contribution in [0.15, 0.2) is 59.8 Å². The topological polar surface area (TPSA) is 81.1 Å². The summed E-state index contributed by atoms with van der Waals surface area (Å²) in [5.74, 6) is 1.38.